The third-order valence-corrected chi connectivity index (χ3v) is 12.6. The van der Waals surface area contributed by atoms with Gasteiger partial charge in [0.05, 0.1) is 22.2 Å². The van der Waals surface area contributed by atoms with E-state index in [0.29, 0.717) is 0 Å². The number of aromatic nitrogens is 2. The molecule has 0 radical (unpaired) electrons. The fourth-order valence-electron chi connectivity index (χ4n) is 9.57. The van der Waals surface area contributed by atoms with Gasteiger partial charge < -0.3 is 18.9 Å². The fourth-order valence-corrected chi connectivity index (χ4v) is 9.57. The molecule has 0 aliphatic heterocycles. The standard InChI is InChI=1S/C61H46N4/c1-3-4-28-58-44(2)55-40-38-53(42-60(55)64(58)49-23-13-7-14-24-49)62(47-19-9-5-10-20-47)51-34-30-45(31-35-51)46-32-36-52(37-33-46)63(48-21-11-6-12-22-48)54-39-41-57-56-27-17-18-29-59(56)65(61(57)43-54)50-25-15-8-16-26-50/h1,4-6,8-13,15-43H,7,14H2,2H3/b28-4-. The van der Waals surface area contributed by atoms with Crippen LogP contribution in [0.15, 0.2) is 224 Å². The fraction of sp³-hybridized carbons (Fsp3) is 0.0492. The molecule has 4 nitrogen and oxygen atoms in total. The molecule has 0 spiro atoms. The van der Waals surface area contributed by atoms with E-state index in [-0.39, 0.29) is 0 Å². The third-order valence-electron chi connectivity index (χ3n) is 12.6. The molecule has 310 valence electrons. The van der Waals surface area contributed by atoms with Crippen LogP contribution in [0.2, 0.25) is 0 Å². The highest BCUT2D eigenvalue weighted by Gasteiger charge is 2.21. The Morgan fingerprint density at radius 2 is 0.969 bits per heavy atom. The Hall–Kier alpha value is -8.52. The molecule has 1 aliphatic rings. The summed E-state index contributed by atoms with van der Waals surface area (Å²) in [6, 6.07) is 72.1. The van der Waals surface area contributed by atoms with Crippen molar-refractivity contribution in [1.82, 2.24) is 9.13 Å². The van der Waals surface area contributed by atoms with Gasteiger partial charge >= 0.3 is 0 Å². The minimum absolute atomic E-state index is 1.01. The molecule has 8 aromatic carbocycles. The van der Waals surface area contributed by atoms with Crippen LogP contribution in [0.3, 0.4) is 0 Å². The Balaban J connectivity index is 0.958. The van der Waals surface area contributed by atoms with Crippen molar-refractivity contribution >= 4 is 78.6 Å². The summed E-state index contributed by atoms with van der Waals surface area (Å²) in [4.78, 5) is 4.69. The number of benzene rings is 8. The zero-order chi connectivity index (χ0) is 43.7. The maximum absolute atomic E-state index is 5.71. The Kier molecular flexibility index (Phi) is 10.3. The number of hydrogen-bond acceptors (Lipinski definition) is 2. The molecule has 4 heteroatoms. The van der Waals surface area contributed by atoms with Crippen LogP contribution in [0.1, 0.15) is 24.1 Å². The second kappa shape index (κ2) is 17.0. The van der Waals surface area contributed by atoms with Crippen molar-refractivity contribution in [3.05, 3.63) is 236 Å². The first kappa shape index (κ1) is 39.3. The summed E-state index contributed by atoms with van der Waals surface area (Å²) in [5.41, 5.74) is 17.0. The highest BCUT2D eigenvalue weighted by atomic mass is 15.2. The molecule has 1 aliphatic carbocycles. The lowest BCUT2D eigenvalue weighted by Crippen LogP contribution is -2.10. The van der Waals surface area contributed by atoms with E-state index in [9.17, 15) is 0 Å². The quantitative estimate of drug-likeness (QED) is 0.128. The molecule has 0 unspecified atom stereocenters. The molecule has 0 N–H and O–H groups in total. The minimum atomic E-state index is 1.01. The van der Waals surface area contributed by atoms with Crippen LogP contribution in [0.4, 0.5) is 34.1 Å². The molecule has 0 fully saturated rings. The van der Waals surface area contributed by atoms with Crippen LogP contribution in [-0.2, 0) is 0 Å². The van der Waals surface area contributed by atoms with Gasteiger partial charge in [-0.3, -0.25) is 0 Å². The van der Waals surface area contributed by atoms with E-state index in [1.165, 1.54) is 38.5 Å². The third kappa shape index (κ3) is 7.20. The van der Waals surface area contributed by atoms with Crippen molar-refractivity contribution in [2.75, 3.05) is 9.80 Å². The van der Waals surface area contributed by atoms with Crippen molar-refractivity contribution in [2.24, 2.45) is 0 Å². The van der Waals surface area contributed by atoms with Gasteiger partial charge in [-0.15, -0.1) is 6.42 Å². The summed E-state index contributed by atoms with van der Waals surface area (Å²) in [7, 11) is 0. The molecule has 0 saturated heterocycles. The van der Waals surface area contributed by atoms with Gasteiger partial charge in [-0.1, -0.05) is 127 Å². The topological polar surface area (TPSA) is 16.3 Å². The van der Waals surface area contributed by atoms with Crippen molar-refractivity contribution in [3.63, 3.8) is 0 Å². The van der Waals surface area contributed by atoms with E-state index >= 15 is 0 Å². The molecule has 11 rings (SSSR count). The van der Waals surface area contributed by atoms with E-state index < -0.39 is 0 Å². The Labute approximate surface area is 380 Å². The Morgan fingerprint density at radius 3 is 1.54 bits per heavy atom. The number of nitrogens with zero attached hydrogens (tertiary/aromatic N) is 4. The summed E-state index contributed by atoms with van der Waals surface area (Å²) in [6.45, 7) is 2.19. The first-order valence-corrected chi connectivity index (χ1v) is 22.3. The molecule has 10 aromatic rings. The van der Waals surface area contributed by atoms with Gasteiger partial charge in [-0.2, -0.15) is 0 Å². The first-order valence-electron chi connectivity index (χ1n) is 22.3. The van der Waals surface area contributed by atoms with Crippen molar-refractivity contribution in [3.8, 4) is 29.2 Å². The summed E-state index contributed by atoms with van der Waals surface area (Å²) in [5.74, 6) is 2.70. The van der Waals surface area contributed by atoms with E-state index in [1.54, 1.807) is 6.08 Å². The molecule has 2 aromatic heterocycles. The summed E-state index contributed by atoms with van der Waals surface area (Å²) < 4.78 is 4.73. The second-order valence-electron chi connectivity index (χ2n) is 16.5. The number of allylic oxidation sites excluding steroid dienone is 5. The molecular formula is C61H46N4. The summed E-state index contributed by atoms with van der Waals surface area (Å²) >= 11 is 0. The molecule has 0 bridgehead atoms. The van der Waals surface area contributed by atoms with E-state index in [4.69, 9.17) is 6.42 Å². The summed E-state index contributed by atoms with van der Waals surface area (Å²) in [5, 5.41) is 3.68. The lowest BCUT2D eigenvalue weighted by Gasteiger charge is -2.26. The van der Waals surface area contributed by atoms with Crippen molar-refractivity contribution < 1.29 is 0 Å². The molecule has 0 atom stereocenters. The minimum Gasteiger partial charge on any atom is -0.310 e. The predicted molar refractivity (Wildman–Crippen MR) is 276 cm³/mol. The van der Waals surface area contributed by atoms with E-state index in [2.05, 4.69) is 256 Å². The monoisotopic (exact) mass is 834 g/mol. The number of hydrogen-bond donors (Lipinski definition) is 0. The van der Waals surface area contributed by atoms with Crippen molar-refractivity contribution in [1.29, 1.82) is 0 Å². The highest BCUT2D eigenvalue weighted by Crippen LogP contribution is 2.42. The average Bonchev–Trinajstić information content (AvgIpc) is 3.85. The highest BCUT2D eigenvalue weighted by molar-refractivity contribution is 6.10. The van der Waals surface area contributed by atoms with Crippen LogP contribution in [0, 0.1) is 19.3 Å². The Bertz CT molecular complexity index is 3470. The molecule has 0 saturated carbocycles. The first-order chi connectivity index (χ1) is 32.1. The van der Waals surface area contributed by atoms with Gasteiger partial charge in [0.1, 0.15) is 0 Å². The van der Waals surface area contributed by atoms with Gasteiger partial charge in [0, 0.05) is 61.7 Å². The number of anilines is 6. The van der Waals surface area contributed by atoms with Crippen LogP contribution in [0.5, 0.6) is 0 Å². The smallest absolute Gasteiger partial charge is 0.0561 e. The maximum atomic E-state index is 5.71. The lowest BCUT2D eigenvalue weighted by atomic mass is 10.0. The van der Waals surface area contributed by atoms with E-state index in [0.717, 1.165) is 75.0 Å². The van der Waals surface area contributed by atoms with Crippen LogP contribution in [0.25, 0.3) is 61.3 Å². The number of fused-ring (bicyclic) bond motifs is 4. The second-order valence-corrected chi connectivity index (χ2v) is 16.5. The van der Waals surface area contributed by atoms with Crippen molar-refractivity contribution in [2.45, 2.75) is 19.8 Å². The lowest BCUT2D eigenvalue weighted by molar-refractivity contribution is 1.01. The molecule has 65 heavy (non-hydrogen) atoms. The number of aryl methyl sites for hydroxylation is 1. The van der Waals surface area contributed by atoms with E-state index in [1.807, 2.05) is 0 Å². The Morgan fingerprint density at radius 1 is 0.477 bits per heavy atom. The zero-order valence-corrected chi connectivity index (χ0v) is 36.2. The van der Waals surface area contributed by atoms with Gasteiger partial charge in [-0.05, 0) is 146 Å². The maximum Gasteiger partial charge on any atom is 0.0561 e. The molecule has 0 amide bonds. The van der Waals surface area contributed by atoms with Gasteiger partial charge in [0.2, 0.25) is 0 Å². The molecular weight excluding hydrogens is 789 g/mol. The van der Waals surface area contributed by atoms with Gasteiger partial charge in [-0.25, -0.2) is 0 Å². The summed E-state index contributed by atoms with van der Waals surface area (Å²) in [6.07, 6.45) is 18.4. The number of terminal acetylenes is 1. The van der Waals surface area contributed by atoms with Crippen LogP contribution < -0.4 is 9.80 Å². The van der Waals surface area contributed by atoms with Crippen LogP contribution in [-0.4, -0.2) is 9.13 Å². The zero-order valence-electron chi connectivity index (χ0n) is 36.2. The van der Waals surface area contributed by atoms with Gasteiger partial charge in [0.25, 0.3) is 0 Å². The van der Waals surface area contributed by atoms with Crippen LogP contribution >= 0.6 is 0 Å². The average molecular weight is 835 g/mol. The normalized spacial score (nSPS) is 12.5. The SMILES string of the molecule is C#C/C=C\c1c(C)c2ccc(N(c3ccccc3)c3ccc(-c4ccc(N(c5ccccc5)c5ccc6c7ccccc7n(-c7ccccc7)c6c5)cc4)cc3)cc2n1C1=CCCC=C1. The number of rotatable bonds is 10. The largest absolute Gasteiger partial charge is 0.310 e. The van der Waals surface area contributed by atoms with Gasteiger partial charge in [0.15, 0.2) is 0 Å². The predicted octanol–water partition coefficient (Wildman–Crippen LogP) is 16.5. The number of para-hydroxylation sites is 4. The molecule has 2 heterocycles.